The molecule has 0 aliphatic rings. The number of hydrogen-bond donors (Lipinski definition) is 2. The number of nitrogens with one attached hydrogen (secondary N) is 1. The molecule has 0 aliphatic carbocycles. The molecule has 1 amide bonds. The average molecular weight is 412 g/mol. The number of carbonyl (C=O) groups is 1. The van der Waals surface area contributed by atoms with E-state index in [-0.39, 0.29) is 5.56 Å². The van der Waals surface area contributed by atoms with Crippen molar-refractivity contribution in [3.63, 3.8) is 0 Å². The predicted octanol–water partition coefficient (Wildman–Crippen LogP) is 4.27. The van der Waals surface area contributed by atoms with Crippen molar-refractivity contribution in [1.29, 1.82) is 0 Å². The van der Waals surface area contributed by atoms with Crippen LogP contribution < -0.4 is 11.3 Å². The Morgan fingerprint density at radius 1 is 1.10 bits per heavy atom. The van der Waals surface area contributed by atoms with Crippen molar-refractivity contribution in [3.05, 3.63) is 81.6 Å². The van der Waals surface area contributed by atoms with E-state index in [0.717, 1.165) is 37.5 Å². The van der Waals surface area contributed by atoms with Crippen molar-refractivity contribution in [2.24, 2.45) is 5.73 Å². The number of hydrogen-bond acceptors (Lipinski definition) is 5. The summed E-state index contributed by atoms with van der Waals surface area (Å²) in [5.41, 5.74) is 9.03. The molecular weight excluding hydrogens is 396 g/mol. The summed E-state index contributed by atoms with van der Waals surface area (Å²) in [6.07, 6.45) is 1.76. The second-order valence-corrected chi connectivity index (χ2v) is 8.30. The summed E-state index contributed by atoms with van der Waals surface area (Å²) in [6, 6.07) is 17.0. The maximum atomic E-state index is 12.1. The number of nitrogens with zero attached hydrogens (tertiary/aromatic N) is 2. The molecule has 3 N–H and O–H groups in total. The van der Waals surface area contributed by atoms with Crippen LogP contribution in [-0.4, -0.2) is 20.9 Å². The molecule has 1 aromatic carbocycles. The van der Waals surface area contributed by atoms with Gasteiger partial charge in [-0.25, -0.2) is 4.98 Å². The Morgan fingerprint density at radius 2 is 1.97 bits per heavy atom. The highest BCUT2D eigenvalue weighted by Crippen LogP contribution is 2.37. The molecule has 5 aromatic rings. The summed E-state index contributed by atoms with van der Waals surface area (Å²) in [4.78, 5) is 38.0. The lowest BCUT2D eigenvalue weighted by Gasteiger charge is -2.12. The first-order valence-electron chi connectivity index (χ1n) is 9.29. The lowest BCUT2D eigenvalue weighted by atomic mass is 9.98. The van der Waals surface area contributed by atoms with Crippen molar-refractivity contribution in [3.8, 4) is 21.7 Å². The van der Waals surface area contributed by atoms with Crippen LogP contribution in [-0.2, 0) is 0 Å². The molecule has 7 heteroatoms. The number of thiophene rings is 1. The third-order valence-corrected chi connectivity index (χ3v) is 5.99. The van der Waals surface area contributed by atoms with Crippen molar-refractivity contribution in [2.75, 3.05) is 0 Å². The van der Waals surface area contributed by atoms with Crippen molar-refractivity contribution >= 4 is 39.2 Å². The van der Waals surface area contributed by atoms with E-state index < -0.39 is 11.5 Å². The first-order valence-corrected chi connectivity index (χ1v) is 10.1. The van der Waals surface area contributed by atoms with Crippen molar-refractivity contribution in [2.45, 2.75) is 6.92 Å². The highest BCUT2D eigenvalue weighted by Gasteiger charge is 2.17. The van der Waals surface area contributed by atoms with Crippen LogP contribution in [0.15, 0.2) is 65.6 Å². The lowest BCUT2D eigenvalue weighted by Crippen LogP contribution is -2.17. The zero-order valence-corrected chi connectivity index (χ0v) is 16.8. The van der Waals surface area contributed by atoms with Gasteiger partial charge in [-0.1, -0.05) is 12.1 Å². The molecule has 0 atom stereocenters. The van der Waals surface area contributed by atoms with Crippen molar-refractivity contribution < 1.29 is 4.79 Å². The highest BCUT2D eigenvalue weighted by molar-refractivity contribution is 7.15. The number of carbonyl (C=O) groups excluding carboxylic acids is 1. The average Bonchev–Trinajstić information content (AvgIpc) is 3.18. The number of amides is 1. The van der Waals surface area contributed by atoms with Crippen LogP contribution in [0.5, 0.6) is 0 Å². The predicted molar refractivity (Wildman–Crippen MR) is 120 cm³/mol. The molecule has 0 saturated heterocycles. The first kappa shape index (κ1) is 18.2. The van der Waals surface area contributed by atoms with E-state index in [0.29, 0.717) is 11.0 Å². The van der Waals surface area contributed by atoms with Crippen LogP contribution in [0.2, 0.25) is 0 Å². The lowest BCUT2D eigenvalue weighted by molar-refractivity contribution is 0.100. The third-order valence-electron chi connectivity index (χ3n) is 4.98. The number of aromatic nitrogens is 3. The van der Waals surface area contributed by atoms with Gasteiger partial charge >= 0.3 is 0 Å². The van der Waals surface area contributed by atoms with Gasteiger partial charge in [0, 0.05) is 33.5 Å². The zero-order chi connectivity index (χ0) is 20.8. The molecular formula is C23H16N4O2S. The summed E-state index contributed by atoms with van der Waals surface area (Å²) in [7, 11) is 0. The third kappa shape index (κ3) is 3.05. The second-order valence-electron chi connectivity index (χ2n) is 7.01. The van der Waals surface area contributed by atoms with Crippen LogP contribution in [0.4, 0.5) is 0 Å². The van der Waals surface area contributed by atoms with E-state index in [1.54, 1.807) is 17.5 Å². The quantitative estimate of drug-likeness (QED) is 0.462. The summed E-state index contributed by atoms with van der Waals surface area (Å²) < 4.78 is 0. The number of aryl methyl sites for hydroxylation is 1. The van der Waals surface area contributed by atoms with Gasteiger partial charge in [-0.05, 0) is 48.9 Å². The fourth-order valence-electron chi connectivity index (χ4n) is 3.59. The van der Waals surface area contributed by atoms with Gasteiger partial charge in [0.2, 0.25) is 11.5 Å². The minimum Gasteiger partial charge on any atom is -0.366 e. The molecule has 4 heterocycles. The number of nitrogens with two attached hydrogens (primary N) is 1. The van der Waals surface area contributed by atoms with Crippen LogP contribution in [0.25, 0.3) is 43.6 Å². The number of H-pyrrole nitrogens is 1. The van der Waals surface area contributed by atoms with E-state index in [1.165, 1.54) is 6.07 Å². The number of rotatable bonds is 3. The topological polar surface area (TPSA) is 102 Å². The van der Waals surface area contributed by atoms with E-state index >= 15 is 0 Å². The molecule has 5 rings (SSSR count). The molecule has 0 aliphatic heterocycles. The molecule has 0 spiro atoms. The molecule has 0 bridgehead atoms. The van der Waals surface area contributed by atoms with Gasteiger partial charge < -0.3 is 10.7 Å². The maximum absolute atomic E-state index is 12.1. The molecule has 146 valence electrons. The van der Waals surface area contributed by atoms with Gasteiger partial charge in [-0.2, -0.15) is 0 Å². The molecule has 0 unspecified atom stereocenters. The number of primary amides is 1. The normalized spacial score (nSPS) is 11.2. The first-order chi connectivity index (χ1) is 14.5. The molecule has 4 aromatic heterocycles. The van der Waals surface area contributed by atoms with Gasteiger partial charge in [0.1, 0.15) is 5.65 Å². The summed E-state index contributed by atoms with van der Waals surface area (Å²) >= 11 is 1.62. The Balaban J connectivity index is 1.87. The monoisotopic (exact) mass is 412 g/mol. The van der Waals surface area contributed by atoms with Gasteiger partial charge in [-0.15, -0.1) is 11.3 Å². The minimum atomic E-state index is -0.665. The Hall–Kier alpha value is -3.84. The summed E-state index contributed by atoms with van der Waals surface area (Å²) in [5, 5.41) is 1.51. The minimum absolute atomic E-state index is 0.152. The van der Waals surface area contributed by atoms with E-state index in [1.807, 2.05) is 55.5 Å². The Bertz CT molecular complexity index is 1520. The standard InChI is InChI=1S/C23H16N4O2S/c1-12-4-7-19(30-12)21-15(13-5-6-18-14(9-13)3-2-8-25-18)10-17-16(22(24)29)11-20(28)26-23(17)27-21/h2-11H,1H3,(H2,24,29)(H,26,27,28). The van der Waals surface area contributed by atoms with Crippen molar-refractivity contribution in [1.82, 2.24) is 15.0 Å². The van der Waals surface area contributed by atoms with E-state index in [4.69, 9.17) is 10.7 Å². The van der Waals surface area contributed by atoms with Crippen LogP contribution >= 0.6 is 11.3 Å². The van der Waals surface area contributed by atoms with Crippen LogP contribution in [0, 0.1) is 6.92 Å². The maximum Gasteiger partial charge on any atom is 0.250 e. The molecule has 30 heavy (non-hydrogen) atoms. The van der Waals surface area contributed by atoms with Gasteiger partial charge in [0.25, 0.3) is 0 Å². The summed E-state index contributed by atoms with van der Waals surface area (Å²) in [5.74, 6) is -0.665. The van der Waals surface area contributed by atoms with Gasteiger partial charge in [0.05, 0.1) is 21.7 Å². The molecule has 0 fully saturated rings. The number of fused-ring (bicyclic) bond motifs is 2. The second kappa shape index (κ2) is 6.89. The fraction of sp³-hybridized carbons (Fsp3) is 0.0435. The van der Waals surface area contributed by atoms with Crippen LogP contribution in [0.1, 0.15) is 15.2 Å². The SMILES string of the molecule is Cc1ccc(-c2nc3[nH]c(=O)cc(C(N)=O)c3cc2-c2ccc3ncccc3c2)s1. The van der Waals surface area contributed by atoms with Crippen LogP contribution in [0.3, 0.4) is 0 Å². The summed E-state index contributed by atoms with van der Waals surface area (Å²) in [6.45, 7) is 2.03. The van der Waals surface area contributed by atoms with E-state index in [2.05, 4.69) is 9.97 Å². The smallest absolute Gasteiger partial charge is 0.250 e. The Kier molecular flexibility index (Phi) is 4.18. The number of pyridine rings is 3. The van der Waals surface area contributed by atoms with Gasteiger partial charge in [-0.3, -0.25) is 14.6 Å². The van der Waals surface area contributed by atoms with Gasteiger partial charge in [0.15, 0.2) is 0 Å². The Morgan fingerprint density at radius 3 is 2.73 bits per heavy atom. The largest absolute Gasteiger partial charge is 0.366 e. The molecule has 0 radical (unpaired) electrons. The number of benzene rings is 1. The number of aromatic amines is 1. The molecule has 6 nitrogen and oxygen atoms in total. The zero-order valence-electron chi connectivity index (χ0n) is 16.0. The van der Waals surface area contributed by atoms with E-state index in [9.17, 15) is 9.59 Å². The fourth-order valence-corrected chi connectivity index (χ4v) is 4.46. The molecule has 0 saturated carbocycles. The Labute approximate surface area is 175 Å². The highest BCUT2D eigenvalue weighted by atomic mass is 32.1.